The Morgan fingerprint density at radius 1 is 0.935 bits per heavy atom. The second-order valence-electron chi connectivity index (χ2n) is 12.9. The Labute approximate surface area is 190 Å². The van der Waals surface area contributed by atoms with Crippen molar-refractivity contribution < 1.29 is 13.9 Å². The normalized spacial score (nSPS) is 45.5. The quantitative estimate of drug-likeness (QED) is 0.391. The van der Waals surface area contributed by atoms with Gasteiger partial charge in [-0.15, -0.1) is 4.39 Å². The van der Waals surface area contributed by atoms with Crippen LogP contribution in [0.5, 0.6) is 0 Å². The van der Waals surface area contributed by atoms with Crippen molar-refractivity contribution in [1.82, 2.24) is 0 Å². The molecule has 0 aromatic rings. The van der Waals surface area contributed by atoms with Gasteiger partial charge in [-0.25, -0.2) is 4.79 Å². The maximum atomic E-state index is 12.8. The Morgan fingerprint density at radius 3 is 2.35 bits per heavy atom. The fraction of sp³-hybridized carbons (Fsp3) is 0.964. The topological polar surface area (TPSA) is 26.3 Å². The van der Waals surface area contributed by atoms with Gasteiger partial charge in [0.15, 0.2) is 0 Å². The lowest BCUT2D eigenvalue weighted by molar-refractivity contribution is -0.130. The molecule has 4 aliphatic rings. The van der Waals surface area contributed by atoms with Gasteiger partial charge in [-0.05, 0) is 110 Å². The predicted molar refractivity (Wildman–Crippen MR) is 124 cm³/mol. The van der Waals surface area contributed by atoms with Gasteiger partial charge >= 0.3 is 6.22 Å². The van der Waals surface area contributed by atoms with Crippen molar-refractivity contribution in [2.24, 2.45) is 52.3 Å². The van der Waals surface area contributed by atoms with E-state index in [1.807, 2.05) is 0 Å². The van der Waals surface area contributed by atoms with Gasteiger partial charge in [-0.1, -0.05) is 53.9 Å². The first kappa shape index (κ1) is 23.6. The molecule has 4 fully saturated rings. The third-order valence-corrected chi connectivity index (χ3v) is 11.1. The summed E-state index contributed by atoms with van der Waals surface area (Å²) >= 11 is 0. The van der Waals surface area contributed by atoms with Crippen LogP contribution in [-0.4, -0.2) is 12.3 Å². The molecule has 2 nitrogen and oxygen atoms in total. The van der Waals surface area contributed by atoms with Crippen molar-refractivity contribution in [3.05, 3.63) is 0 Å². The van der Waals surface area contributed by atoms with Gasteiger partial charge in [0.25, 0.3) is 0 Å². The summed E-state index contributed by atoms with van der Waals surface area (Å²) in [7, 11) is 0. The minimum Gasteiger partial charge on any atom is -0.437 e. The fourth-order valence-electron chi connectivity index (χ4n) is 9.48. The summed E-state index contributed by atoms with van der Waals surface area (Å²) in [6.45, 7) is 12.5. The first-order valence-corrected chi connectivity index (χ1v) is 13.5. The highest BCUT2D eigenvalue weighted by Crippen LogP contribution is 2.68. The molecule has 31 heavy (non-hydrogen) atoms. The summed E-state index contributed by atoms with van der Waals surface area (Å²) < 4.78 is 17.8. The second-order valence-corrected chi connectivity index (χ2v) is 12.9. The van der Waals surface area contributed by atoms with Crippen molar-refractivity contribution in [1.29, 1.82) is 0 Å². The van der Waals surface area contributed by atoms with Crippen LogP contribution < -0.4 is 0 Å². The zero-order valence-electron chi connectivity index (χ0n) is 20.8. The summed E-state index contributed by atoms with van der Waals surface area (Å²) in [5.74, 6) is 5.81. The van der Waals surface area contributed by atoms with Gasteiger partial charge in [-0.3, -0.25) is 0 Å². The van der Waals surface area contributed by atoms with E-state index in [2.05, 4.69) is 34.6 Å². The van der Waals surface area contributed by atoms with E-state index in [-0.39, 0.29) is 6.10 Å². The van der Waals surface area contributed by atoms with Crippen LogP contribution in [0.15, 0.2) is 0 Å². The van der Waals surface area contributed by atoms with Gasteiger partial charge in [0.2, 0.25) is 0 Å². The molecular formula is C28H47FO2. The maximum Gasteiger partial charge on any atom is 0.495 e. The van der Waals surface area contributed by atoms with E-state index in [1.54, 1.807) is 0 Å². The van der Waals surface area contributed by atoms with Crippen LogP contribution in [-0.2, 0) is 4.74 Å². The zero-order chi connectivity index (χ0) is 22.4. The molecule has 0 N–H and O–H groups in total. The number of fused-ring (bicyclic) bond motifs is 5. The maximum absolute atomic E-state index is 12.8. The van der Waals surface area contributed by atoms with Crippen LogP contribution in [0.25, 0.3) is 0 Å². The molecule has 0 saturated heterocycles. The minimum atomic E-state index is -1.59. The molecule has 4 saturated carbocycles. The standard InChI is InChI=1S/C28H47FO2/c1-18(2)7-6-8-19(3)23-11-12-24-22-10-9-20-17-21(31-26(29)30)13-15-27(20,4)25(22)14-16-28(23,24)5/h18-25H,6-17H2,1-5H3/t19-,20+,21-,22+,23-,24+,25-,27+,28-/m1/s1. The number of hydrogen-bond donors (Lipinski definition) is 0. The molecule has 4 aliphatic carbocycles. The number of rotatable bonds is 6. The van der Waals surface area contributed by atoms with Crippen LogP contribution in [0, 0.1) is 52.3 Å². The second kappa shape index (κ2) is 8.98. The largest absolute Gasteiger partial charge is 0.495 e. The summed E-state index contributed by atoms with van der Waals surface area (Å²) in [4.78, 5) is 10.8. The van der Waals surface area contributed by atoms with E-state index >= 15 is 0 Å². The van der Waals surface area contributed by atoms with Crippen molar-refractivity contribution in [2.75, 3.05) is 0 Å². The molecule has 0 aliphatic heterocycles. The van der Waals surface area contributed by atoms with Crippen LogP contribution in [0.3, 0.4) is 0 Å². The summed E-state index contributed by atoms with van der Waals surface area (Å²) in [6.07, 6.45) is 13.5. The van der Waals surface area contributed by atoms with Crippen LogP contribution in [0.2, 0.25) is 0 Å². The lowest BCUT2D eigenvalue weighted by Crippen LogP contribution is -2.54. The average Bonchev–Trinajstić information content (AvgIpc) is 3.05. The Hall–Kier alpha value is -0.600. The molecule has 0 bridgehead atoms. The highest BCUT2D eigenvalue weighted by atomic mass is 19.1. The molecule has 0 amide bonds. The SMILES string of the molecule is CC(C)CCC[C@@H](C)[C@H]1CC[C@H]2[C@@H]3CC[C@H]4C[C@H](OC(=O)F)CC[C@]4(C)[C@@H]3CC[C@]12C. The Bertz CT molecular complexity index is 647. The van der Waals surface area contributed by atoms with Gasteiger partial charge in [-0.2, -0.15) is 0 Å². The summed E-state index contributed by atoms with van der Waals surface area (Å²) in [6, 6.07) is 0. The number of ether oxygens (including phenoxy) is 1. The smallest absolute Gasteiger partial charge is 0.437 e. The summed E-state index contributed by atoms with van der Waals surface area (Å²) in [5, 5.41) is 0. The molecule has 178 valence electrons. The molecule has 4 rings (SSSR count). The molecule has 3 heteroatoms. The number of carbonyl (C=O) groups excluding carboxylic acids is 1. The van der Waals surface area contributed by atoms with Gasteiger partial charge in [0, 0.05) is 0 Å². The number of halogens is 1. The molecule has 0 aromatic carbocycles. The molecular weight excluding hydrogens is 387 g/mol. The van der Waals surface area contributed by atoms with E-state index in [4.69, 9.17) is 4.74 Å². The van der Waals surface area contributed by atoms with Crippen LogP contribution in [0.1, 0.15) is 112 Å². The predicted octanol–water partition coefficient (Wildman–Crippen LogP) is 8.58. The van der Waals surface area contributed by atoms with Crippen molar-refractivity contribution in [3.8, 4) is 0 Å². The summed E-state index contributed by atoms with van der Waals surface area (Å²) in [5.41, 5.74) is 0.910. The average molecular weight is 435 g/mol. The lowest BCUT2D eigenvalue weighted by atomic mass is 9.44. The van der Waals surface area contributed by atoms with Crippen LogP contribution >= 0.6 is 0 Å². The zero-order valence-corrected chi connectivity index (χ0v) is 20.8. The highest BCUT2D eigenvalue weighted by Gasteiger charge is 2.60. The Morgan fingerprint density at radius 2 is 1.65 bits per heavy atom. The van der Waals surface area contributed by atoms with E-state index in [0.29, 0.717) is 16.7 Å². The Kier molecular flexibility index (Phi) is 6.82. The molecule has 0 spiro atoms. The number of hydrogen-bond acceptors (Lipinski definition) is 2. The first-order chi connectivity index (χ1) is 14.6. The van der Waals surface area contributed by atoms with Crippen molar-refractivity contribution >= 4 is 6.22 Å². The third kappa shape index (κ3) is 4.33. The Balaban J connectivity index is 1.43. The van der Waals surface area contributed by atoms with E-state index in [1.165, 1.54) is 57.8 Å². The fourth-order valence-corrected chi connectivity index (χ4v) is 9.48. The monoisotopic (exact) mass is 434 g/mol. The molecule has 0 unspecified atom stereocenters. The van der Waals surface area contributed by atoms with Gasteiger partial charge in [0.1, 0.15) is 6.10 Å². The van der Waals surface area contributed by atoms with Crippen molar-refractivity contribution in [3.63, 3.8) is 0 Å². The first-order valence-electron chi connectivity index (χ1n) is 13.5. The minimum absolute atomic E-state index is 0.191. The molecule has 9 atom stereocenters. The van der Waals surface area contributed by atoms with Gasteiger partial charge in [0.05, 0.1) is 0 Å². The van der Waals surface area contributed by atoms with E-state index in [9.17, 15) is 9.18 Å². The van der Waals surface area contributed by atoms with E-state index in [0.717, 1.165) is 54.8 Å². The highest BCUT2D eigenvalue weighted by molar-refractivity contribution is 5.58. The molecule has 0 heterocycles. The van der Waals surface area contributed by atoms with Gasteiger partial charge < -0.3 is 4.74 Å². The lowest BCUT2D eigenvalue weighted by Gasteiger charge is -2.61. The molecule has 0 radical (unpaired) electrons. The molecule has 0 aromatic heterocycles. The van der Waals surface area contributed by atoms with Crippen LogP contribution in [0.4, 0.5) is 9.18 Å². The van der Waals surface area contributed by atoms with Crippen molar-refractivity contribution in [2.45, 2.75) is 118 Å². The van der Waals surface area contributed by atoms with E-state index < -0.39 is 6.22 Å². The number of carbonyl (C=O) groups is 1. The third-order valence-electron chi connectivity index (χ3n) is 11.1.